The molecule has 1 fully saturated rings. The van der Waals surface area contributed by atoms with Gasteiger partial charge in [-0.3, -0.25) is 19.5 Å². The third kappa shape index (κ3) is 9.22. The third-order valence-electron chi connectivity index (χ3n) is 8.44. The molecule has 3 atom stereocenters. The Bertz CT molecular complexity index is 1750. The Balaban J connectivity index is 1.60. The minimum absolute atomic E-state index is 0.0261. The number of rotatable bonds is 15. The molecule has 3 N–H and O–H groups in total. The number of aryl methyl sites for hydroxylation is 2. The van der Waals surface area contributed by atoms with Gasteiger partial charge in [-0.05, 0) is 73.6 Å². The van der Waals surface area contributed by atoms with Gasteiger partial charge in [-0.1, -0.05) is 64.1 Å². The normalized spacial score (nSPS) is 15.7. The molecule has 49 heavy (non-hydrogen) atoms. The number of carbonyl (C=O) groups excluding carboxylic acids is 3. The number of aliphatic hydroxyl groups is 1. The summed E-state index contributed by atoms with van der Waals surface area (Å²) < 4.78 is 28.9. The highest BCUT2D eigenvalue weighted by Crippen LogP contribution is 2.25. The predicted octanol–water partition coefficient (Wildman–Crippen LogP) is 3.63. The second kappa shape index (κ2) is 15.9. The van der Waals surface area contributed by atoms with Crippen molar-refractivity contribution in [3.05, 3.63) is 89.2 Å². The van der Waals surface area contributed by atoms with Gasteiger partial charge in [0.1, 0.15) is 18.3 Å². The van der Waals surface area contributed by atoms with Gasteiger partial charge in [-0.25, -0.2) is 13.2 Å². The smallest absolute Gasteiger partial charge is 0.328 e. The molecule has 2 heterocycles. The van der Waals surface area contributed by atoms with Crippen LogP contribution in [0.25, 0.3) is 0 Å². The zero-order valence-electron chi connectivity index (χ0n) is 28.9. The van der Waals surface area contributed by atoms with Crippen LogP contribution in [0.1, 0.15) is 50.2 Å². The first-order valence-corrected chi connectivity index (χ1v) is 17.9. The summed E-state index contributed by atoms with van der Waals surface area (Å²) in [5.41, 5.74) is 2.48. The number of hydrogen-bond donors (Lipinski definition) is 3. The largest absolute Gasteiger partial charge is 0.508 e. The van der Waals surface area contributed by atoms with Crippen LogP contribution >= 0.6 is 0 Å². The lowest BCUT2D eigenvalue weighted by molar-refractivity contribution is -0.129. The first-order valence-electron chi connectivity index (χ1n) is 16.4. The topological polar surface area (TPSA) is 160 Å². The van der Waals surface area contributed by atoms with Gasteiger partial charge in [0, 0.05) is 18.8 Å². The highest BCUT2D eigenvalue weighted by Gasteiger charge is 2.44. The molecule has 264 valence electrons. The summed E-state index contributed by atoms with van der Waals surface area (Å²) in [6.07, 6.45) is -1.19. The molecule has 0 spiro atoms. The Labute approximate surface area is 288 Å². The molecule has 3 aromatic rings. The lowest BCUT2D eigenvalue weighted by Crippen LogP contribution is -2.57. The van der Waals surface area contributed by atoms with Crippen LogP contribution < -0.4 is 5.32 Å². The average Bonchev–Trinajstić information content (AvgIpc) is 3.29. The monoisotopic (exact) mass is 693 g/mol. The Kier molecular flexibility index (Phi) is 12.2. The number of imide groups is 1. The van der Waals surface area contributed by atoms with Crippen LogP contribution in [0.3, 0.4) is 0 Å². The summed E-state index contributed by atoms with van der Waals surface area (Å²) in [5, 5.41) is 24.6. The standard InChI is InChI=1S/C36H47N5O7S/c1-23(2)19-39(49(47,48)29-15-16-31(42)25(5)17-29)21-32(43)30(18-27-12-8-7-9-13-27)38-35(45)34(24(3)4)41-22-33(44)40(36(41)46)20-28-14-10-11-26(6)37-28/h7-17,23-24,30,32,34,42-43H,18-22H2,1-6H3,(H,38,45)/t30-,32-,34-/m0/s1. The van der Waals surface area contributed by atoms with Crippen molar-refractivity contribution in [1.82, 2.24) is 24.4 Å². The predicted molar refractivity (Wildman–Crippen MR) is 185 cm³/mol. The van der Waals surface area contributed by atoms with E-state index in [4.69, 9.17) is 0 Å². The van der Waals surface area contributed by atoms with E-state index >= 15 is 0 Å². The molecule has 1 aliphatic rings. The number of nitrogens with one attached hydrogen (secondary N) is 1. The molecule has 12 nitrogen and oxygen atoms in total. The lowest BCUT2D eigenvalue weighted by Gasteiger charge is -2.34. The molecule has 2 aromatic carbocycles. The van der Waals surface area contributed by atoms with Gasteiger partial charge in [0.15, 0.2) is 0 Å². The van der Waals surface area contributed by atoms with E-state index in [0.29, 0.717) is 11.3 Å². The van der Waals surface area contributed by atoms with E-state index in [-0.39, 0.29) is 49.2 Å². The molecule has 0 unspecified atom stereocenters. The van der Waals surface area contributed by atoms with Crippen molar-refractivity contribution in [2.24, 2.45) is 11.8 Å². The summed E-state index contributed by atoms with van der Waals surface area (Å²) in [6.45, 7) is 10.1. The number of aromatic hydroxyl groups is 1. The second-order valence-electron chi connectivity index (χ2n) is 13.4. The number of phenolic OH excluding ortho intramolecular Hbond substituents is 1. The molecule has 4 amide bonds. The Morgan fingerprint density at radius 1 is 0.980 bits per heavy atom. The number of urea groups is 1. The third-order valence-corrected chi connectivity index (χ3v) is 10.3. The van der Waals surface area contributed by atoms with Crippen LogP contribution in [0.4, 0.5) is 4.79 Å². The average molecular weight is 694 g/mol. The van der Waals surface area contributed by atoms with Gasteiger partial charge in [0.05, 0.1) is 29.3 Å². The summed E-state index contributed by atoms with van der Waals surface area (Å²) in [4.78, 5) is 47.4. The van der Waals surface area contributed by atoms with Gasteiger partial charge in [-0.2, -0.15) is 4.31 Å². The molecule has 1 saturated heterocycles. The fourth-order valence-electron chi connectivity index (χ4n) is 5.96. The Morgan fingerprint density at radius 2 is 1.67 bits per heavy atom. The molecule has 1 aromatic heterocycles. The molecule has 0 radical (unpaired) electrons. The fourth-order valence-corrected chi connectivity index (χ4v) is 7.67. The van der Waals surface area contributed by atoms with Gasteiger partial charge < -0.3 is 20.4 Å². The summed E-state index contributed by atoms with van der Waals surface area (Å²) >= 11 is 0. The molecule has 0 bridgehead atoms. The van der Waals surface area contributed by atoms with Crippen molar-refractivity contribution in [2.75, 3.05) is 19.6 Å². The highest BCUT2D eigenvalue weighted by molar-refractivity contribution is 7.89. The van der Waals surface area contributed by atoms with Crippen molar-refractivity contribution >= 4 is 27.9 Å². The maximum Gasteiger partial charge on any atom is 0.328 e. The highest BCUT2D eigenvalue weighted by atomic mass is 32.2. The fraction of sp³-hybridized carbons (Fsp3) is 0.444. The Hall–Kier alpha value is -4.33. The van der Waals surface area contributed by atoms with E-state index in [9.17, 15) is 33.0 Å². The van der Waals surface area contributed by atoms with Crippen LogP contribution in [-0.4, -0.2) is 93.4 Å². The molecule has 1 aliphatic heterocycles. The molecule has 4 rings (SSSR count). The van der Waals surface area contributed by atoms with E-state index in [1.54, 1.807) is 32.9 Å². The number of amides is 4. The molecular weight excluding hydrogens is 646 g/mol. The van der Waals surface area contributed by atoms with Crippen LogP contribution in [0.2, 0.25) is 0 Å². The number of aliphatic hydroxyl groups excluding tert-OH is 1. The number of pyridine rings is 1. The van der Waals surface area contributed by atoms with Gasteiger partial charge in [-0.15, -0.1) is 0 Å². The van der Waals surface area contributed by atoms with E-state index in [1.807, 2.05) is 57.2 Å². The number of phenols is 1. The van der Waals surface area contributed by atoms with E-state index in [0.717, 1.165) is 16.2 Å². The SMILES string of the molecule is Cc1cccc(CN2C(=O)CN([C@H](C(=O)N[C@@H](Cc3ccccc3)[C@@H](O)CN(CC(C)C)S(=O)(=O)c3ccc(O)c(C)c3)C(C)C)C2=O)n1. The Morgan fingerprint density at radius 3 is 2.29 bits per heavy atom. The van der Waals surface area contributed by atoms with Crippen molar-refractivity contribution in [3.63, 3.8) is 0 Å². The first-order chi connectivity index (χ1) is 23.1. The quantitative estimate of drug-likeness (QED) is 0.204. The van der Waals surface area contributed by atoms with E-state index in [1.165, 1.54) is 27.4 Å². The van der Waals surface area contributed by atoms with Gasteiger partial charge >= 0.3 is 6.03 Å². The summed E-state index contributed by atoms with van der Waals surface area (Å²) in [6, 6.07) is 15.9. The van der Waals surface area contributed by atoms with Gasteiger partial charge in [0.25, 0.3) is 5.91 Å². The molecular formula is C36H47N5O7S. The van der Waals surface area contributed by atoms with Gasteiger partial charge in [0.2, 0.25) is 15.9 Å². The number of benzene rings is 2. The van der Waals surface area contributed by atoms with Crippen molar-refractivity contribution in [3.8, 4) is 5.75 Å². The number of hydrogen-bond acceptors (Lipinski definition) is 8. The van der Waals surface area contributed by atoms with Crippen LogP contribution in [0, 0.1) is 25.7 Å². The molecule has 0 saturated carbocycles. The van der Waals surface area contributed by atoms with Crippen LogP contribution in [-0.2, 0) is 32.6 Å². The van der Waals surface area contributed by atoms with Crippen LogP contribution in [0.15, 0.2) is 71.6 Å². The number of aromatic nitrogens is 1. The van der Waals surface area contributed by atoms with Crippen LogP contribution in [0.5, 0.6) is 5.75 Å². The van der Waals surface area contributed by atoms with E-state index < -0.39 is 52.0 Å². The van der Waals surface area contributed by atoms with Crippen molar-refractivity contribution < 1.29 is 33.0 Å². The zero-order chi connectivity index (χ0) is 36.0. The summed E-state index contributed by atoms with van der Waals surface area (Å²) in [7, 11) is -4.11. The number of sulfonamides is 1. The summed E-state index contributed by atoms with van der Waals surface area (Å²) in [5.74, 6) is -1.55. The minimum Gasteiger partial charge on any atom is -0.508 e. The molecule has 0 aliphatic carbocycles. The number of carbonyl (C=O) groups is 3. The first kappa shape index (κ1) is 37.5. The maximum absolute atomic E-state index is 14.1. The second-order valence-corrected chi connectivity index (χ2v) is 15.3. The number of nitrogens with zero attached hydrogens (tertiary/aromatic N) is 4. The minimum atomic E-state index is -4.11. The zero-order valence-corrected chi connectivity index (χ0v) is 29.7. The van der Waals surface area contributed by atoms with Crippen molar-refractivity contribution in [1.29, 1.82) is 0 Å². The van der Waals surface area contributed by atoms with Crippen molar-refractivity contribution in [2.45, 2.75) is 77.6 Å². The van der Waals surface area contributed by atoms with E-state index in [2.05, 4.69) is 10.3 Å². The lowest BCUT2D eigenvalue weighted by atomic mass is 9.97. The maximum atomic E-state index is 14.1. The molecule has 13 heteroatoms.